The largest absolute Gasteiger partial charge is 0.350 e. The van der Waals surface area contributed by atoms with E-state index in [0.717, 1.165) is 4.88 Å². The lowest BCUT2D eigenvalue weighted by molar-refractivity contribution is -0.118. The van der Waals surface area contributed by atoms with Gasteiger partial charge < -0.3 is 5.32 Å². The Morgan fingerprint density at radius 3 is 2.91 bits per heavy atom. The summed E-state index contributed by atoms with van der Waals surface area (Å²) in [5, 5.41) is 5.97. The maximum atomic E-state index is 12.3. The van der Waals surface area contributed by atoms with Gasteiger partial charge in [0.15, 0.2) is 5.16 Å². The molecule has 1 amide bonds. The Balaban J connectivity index is 1.68. The zero-order valence-electron chi connectivity index (χ0n) is 12.5. The van der Waals surface area contributed by atoms with E-state index >= 15 is 0 Å². The van der Waals surface area contributed by atoms with Gasteiger partial charge in [-0.15, -0.1) is 11.3 Å². The molecule has 0 aliphatic rings. The molecule has 0 aliphatic carbocycles. The Morgan fingerprint density at radius 2 is 2.13 bits per heavy atom. The number of benzene rings is 1. The van der Waals surface area contributed by atoms with Crippen molar-refractivity contribution in [2.45, 2.75) is 11.7 Å². The molecule has 118 valence electrons. The van der Waals surface area contributed by atoms with Gasteiger partial charge in [-0.2, -0.15) is 0 Å². The number of thioether (sulfide) groups is 1. The van der Waals surface area contributed by atoms with Crippen molar-refractivity contribution in [3.05, 3.63) is 57.0 Å². The molecule has 3 aromatic rings. The monoisotopic (exact) mass is 345 g/mol. The molecule has 3 rings (SSSR count). The Labute approximate surface area is 141 Å². The number of carbonyl (C=O) groups is 1. The molecule has 1 N–H and O–H groups in total. The molecule has 0 fully saturated rings. The summed E-state index contributed by atoms with van der Waals surface area (Å²) >= 11 is 2.87. The Hall–Kier alpha value is -2.12. The third-order valence-corrected chi connectivity index (χ3v) is 5.22. The molecule has 0 unspecified atom stereocenters. The van der Waals surface area contributed by atoms with E-state index in [1.165, 1.54) is 16.3 Å². The highest BCUT2D eigenvalue weighted by atomic mass is 32.2. The van der Waals surface area contributed by atoms with Gasteiger partial charge in [0.1, 0.15) is 0 Å². The number of hydrogen-bond donors (Lipinski definition) is 1. The highest BCUT2D eigenvalue weighted by molar-refractivity contribution is 7.99. The SMILES string of the molecule is Cn1c(SCC(=O)NCc2cccs2)nc2ccccc2c1=O. The molecule has 5 nitrogen and oxygen atoms in total. The highest BCUT2D eigenvalue weighted by Gasteiger charge is 2.10. The highest BCUT2D eigenvalue weighted by Crippen LogP contribution is 2.16. The topological polar surface area (TPSA) is 64.0 Å². The minimum absolute atomic E-state index is 0.0780. The Bertz CT molecular complexity index is 888. The van der Waals surface area contributed by atoms with E-state index in [2.05, 4.69) is 10.3 Å². The second kappa shape index (κ2) is 6.97. The molecule has 2 aromatic heterocycles. The van der Waals surface area contributed by atoms with Gasteiger partial charge in [-0.3, -0.25) is 14.2 Å². The quantitative estimate of drug-likeness (QED) is 0.570. The zero-order valence-corrected chi connectivity index (χ0v) is 14.1. The normalized spacial score (nSPS) is 10.8. The lowest BCUT2D eigenvalue weighted by atomic mass is 10.2. The Kier molecular flexibility index (Phi) is 4.78. The summed E-state index contributed by atoms with van der Waals surface area (Å²) in [5.74, 6) is 0.148. The van der Waals surface area contributed by atoms with Crippen molar-refractivity contribution in [3.63, 3.8) is 0 Å². The number of rotatable bonds is 5. The predicted molar refractivity (Wildman–Crippen MR) is 93.9 cm³/mol. The molecule has 7 heteroatoms. The van der Waals surface area contributed by atoms with Gasteiger partial charge in [0.2, 0.25) is 5.91 Å². The van der Waals surface area contributed by atoms with Crippen molar-refractivity contribution in [1.82, 2.24) is 14.9 Å². The van der Waals surface area contributed by atoms with Crippen LogP contribution in [0.15, 0.2) is 51.7 Å². The number of nitrogens with zero attached hydrogens (tertiary/aromatic N) is 2. The molecule has 0 aliphatic heterocycles. The summed E-state index contributed by atoms with van der Waals surface area (Å²) in [6.45, 7) is 0.529. The molecule has 0 saturated heterocycles. The van der Waals surface area contributed by atoms with Crippen LogP contribution in [-0.4, -0.2) is 21.2 Å². The van der Waals surface area contributed by atoms with E-state index in [4.69, 9.17) is 0 Å². The second-order valence-corrected chi connectivity index (χ2v) is 6.90. The fraction of sp³-hybridized carbons (Fsp3) is 0.188. The molecule has 0 bridgehead atoms. The molecule has 1 aromatic carbocycles. The predicted octanol–water partition coefficient (Wildman–Crippen LogP) is 2.40. The first kappa shape index (κ1) is 15.8. The number of para-hydroxylation sites is 1. The van der Waals surface area contributed by atoms with Crippen LogP contribution in [0, 0.1) is 0 Å². The third kappa shape index (κ3) is 3.62. The smallest absolute Gasteiger partial charge is 0.261 e. The number of thiophene rings is 1. The van der Waals surface area contributed by atoms with Crippen molar-refractivity contribution in [2.24, 2.45) is 7.05 Å². The molecule has 23 heavy (non-hydrogen) atoms. The van der Waals surface area contributed by atoms with E-state index in [-0.39, 0.29) is 17.2 Å². The second-order valence-electron chi connectivity index (χ2n) is 4.92. The maximum absolute atomic E-state index is 12.3. The minimum atomic E-state index is -0.0999. The average molecular weight is 345 g/mol. The molecular formula is C16H15N3O2S2. The van der Waals surface area contributed by atoms with Crippen LogP contribution in [0.5, 0.6) is 0 Å². The summed E-state index contributed by atoms with van der Waals surface area (Å²) in [6, 6.07) is 11.2. The van der Waals surface area contributed by atoms with Gasteiger partial charge in [0.25, 0.3) is 5.56 Å². The van der Waals surface area contributed by atoms with Crippen LogP contribution in [0.1, 0.15) is 4.88 Å². The summed E-state index contributed by atoms with van der Waals surface area (Å²) in [4.78, 5) is 29.8. The molecule has 0 atom stereocenters. The number of aromatic nitrogens is 2. The Morgan fingerprint density at radius 1 is 1.30 bits per heavy atom. The van der Waals surface area contributed by atoms with Crippen LogP contribution in [0.3, 0.4) is 0 Å². The lowest BCUT2D eigenvalue weighted by Crippen LogP contribution is -2.25. The summed E-state index contributed by atoms with van der Waals surface area (Å²) in [7, 11) is 1.67. The van der Waals surface area contributed by atoms with Crippen LogP contribution in [0.25, 0.3) is 10.9 Å². The van der Waals surface area contributed by atoms with E-state index in [1.807, 2.05) is 29.6 Å². The van der Waals surface area contributed by atoms with Gasteiger partial charge in [-0.05, 0) is 23.6 Å². The van der Waals surface area contributed by atoms with Gasteiger partial charge in [-0.25, -0.2) is 4.98 Å². The number of nitrogens with one attached hydrogen (secondary N) is 1. The van der Waals surface area contributed by atoms with E-state index in [1.54, 1.807) is 30.5 Å². The van der Waals surface area contributed by atoms with Crippen LogP contribution in [-0.2, 0) is 18.4 Å². The van der Waals surface area contributed by atoms with Crippen molar-refractivity contribution >= 4 is 39.9 Å². The molecular weight excluding hydrogens is 330 g/mol. The van der Waals surface area contributed by atoms with E-state index in [9.17, 15) is 9.59 Å². The summed E-state index contributed by atoms with van der Waals surface area (Å²) in [5.41, 5.74) is 0.550. The van der Waals surface area contributed by atoms with Crippen LogP contribution in [0.4, 0.5) is 0 Å². The molecule has 2 heterocycles. The standard InChI is InChI=1S/C16H15N3O2S2/c1-19-15(21)12-6-2-3-7-13(12)18-16(19)23-10-14(20)17-9-11-5-4-8-22-11/h2-8H,9-10H2,1H3,(H,17,20). The summed E-state index contributed by atoms with van der Waals surface area (Å²) in [6.07, 6.45) is 0. The number of amides is 1. The average Bonchev–Trinajstić information content (AvgIpc) is 3.08. The van der Waals surface area contributed by atoms with Crippen molar-refractivity contribution in [1.29, 1.82) is 0 Å². The van der Waals surface area contributed by atoms with Gasteiger partial charge >= 0.3 is 0 Å². The molecule has 0 spiro atoms. The van der Waals surface area contributed by atoms with Crippen LogP contribution >= 0.6 is 23.1 Å². The van der Waals surface area contributed by atoms with Crippen molar-refractivity contribution < 1.29 is 4.79 Å². The van der Waals surface area contributed by atoms with E-state index < -0.39 is 0 Å². The van der Waals surface area contributed by atoms with Gasteiger partial charge in [0.05, 0.1) is 23.2 Å². The molecule has 0 saturated carbocycles. The lowest BCUT2D eigenvalue weighted by Gasteiger charge is -2.08. The number of fused-ring (bicyclic) bond motifs is 1. The first-order valence-corrected chi connectivity index (χ1v) is 8.89. The first-order chi connectivity index (χ1) is 11.1. The van der Waals surface area contributed by atoms with Gasteiger partial charge in [-0.1, -0.05) is 30.0 Å². The van der Waals surface area contributed by atoms with Crippen LogP contribution in [0.2, 0.25) is 0 Å². The fourth-order valence-electron chi connectivity index (χ4n) is 2.11. The van der Waals surface area contributed by atoms with Crippen molar-refractivity contribution in [3.8, 4) is 0 Å². The third-order valence-electron chi connectivity index (χ3n) is 3.31. The first-order valence-electron chi connectivity index (χ1n) is 7.03. The molecule has 0 radical (unpaired) electrons. The fourth-order valence-corrected chi connectivity index (χ4v) is 3.55. The summed E-state index contributed by atoms with van der Waals surface area (Å²) < 4.78 is 1.49. The zero-order chi connectivity index (χ0) is 16.2. The maximum Gasteiger partial charge on any atom is 0.261 e. The van der Waals surface area contributed by atoms with Gasteiger partial charge in [0, 0.05) is 11.9 Å². The van der Waals surface area contributed by atoms with E-state index in [0.29, 0.717) is 22.6 Å². The number of hydrogen-bond acceptors (Lipinski definition) is 5. The number of carbonyl (C=O) groups excluding carboxylic acids is 1. The van der Waals surface area contributed by atoms with Crippen LogP contribution < -0.4 is 10.9 Å². The van der Waals surface area contributed by atoms with Crippen molar-refractivity contribution in [2.75, 3.05) is 5.75 Å². The minimum Gasteiger partial charge on any atom is -0.350 e.